The summed E-state index contributed by atoms with van der Waals surface area (Å²) < 4.78 is 0. The molecule has 1 heteroatoms. The summed E-state index contributed by atoms with van der Waals surface area (Å²) in [6.07, 6.45) is 13.2. The van der Waals surface area contributed by atoms with E-state index in [1.807, 2.05) is 0 Å². The molecular formula is C16H31N. The van der Waals surface area contributed by atoms with Gasteiger partial charge in [-0.1, -0.05) is 39.5 Å². The molecule has 1 N–H and O–H groups in total. The maximum absolute atomic E-state index is 3.81. The molecule has 0 saturated heterocycles. The number of nitrogens with one attached hydrogen (secondary N) is 1. The van der Waals surface area contributed by atoms with Crippen molar-refractivity contribution >= 4 is 0 Å². The monoisotopic (exact) mass is 237 g/mol. The van der Waals surface area contributed by atoms with Crippen molar-refractivity contribution in [3.8, 4) is 0 Å². The van der Waals surface area contributed by atoms with Crippen molar-refractivity contribution in [1.29, 1.82) is 0 Å². The molecule has 1 nitrogen and oxygen atoms in total. The summed E-state index contributed by atoms with van der Waals surface area (Å²) in [5.74, 6) is 3.08. The second-order valence-corrected chi connectivity index (χ2v) is 6.80. The molecule has 0 aliphatic heterocycles. The second kappa shape index (κ2) is 6.78. The van der Waals surface area contributed by atoms with E-state index in [1.54, 1.807) is 0 Å². The van der Waals surface area contributed by atoms with E-state index in [2.05, 4.69) is 19.2 Å². The molecule has 0 amide bonds. The van der Waals surface area contributed by atoms with Crippen LogP contribution in [0.3, 0.4) is 0 Å². The highest BCUT2D eigenvalue weighted by Crippen LogP contribution is 2.43. The molecule has 0 aromatic rings. The van der Waals surface area contributed by atoms with Crippen LogP contribution in [-0.2, 0) is 0 Å². The van der Waals surface area contributed by atoms with Gasteiger partial charge in [0.25, 0.3) is 0 Å². The lowest BCUT2D eigenvalue weighted by atomic mass is 9.82. The highest BCUT2D eigenvalue weighted by Gasteiger charge is 2.34. The molecular weight excluding hydrogens is 206 g/mol. The van der Waals surface area contributed by atoms with Crippen molar-refractivity contribution in [3.63, 3.8) is 0 Å². The molecule has 2 fully saturated rings. The van der Waals surface area contributed by atoms with Gasteiger partial charge in [0.15, 0.2) is 0 Å². The van der Waals surface area contributed by atoms with Crippen LogP contribution in [0.2, 0.25) is 0 Å². The Labute approximate surface area is 108 Å². The molecule has 0 radical (unpaired) electrons. The Morgan fingerprint density at radius 1 is 1.00 bits per heavy atom. The highest BCUT2D eigenvalue weighted by molar-refractivity contribution is 4.87. The Morgan fingerprint density at radius 3 is 2.53 bits per heavy atom. The molecule has 2 atom stereocenters. The van der Waals surface area contributed by atoms with Crippen molar-refractivity contribution in [3.05, 3.63) is 0 Å². The SMILES string of the molecule is CC(C)CCCCNC1CCCC(C2CC2)C1. The molecule has 2 aliphatic carbocycles. The van der Waals surface area contributed by atoms with Gasteiger partial charge in [0.05, 0.1) is 0 Å². The zero-order chi connectivity index (χ0) is 12.1. The van der Waals surface area contributed by atoms with Crippen LogP contribution in [0.5, 0.6) is 0 Å². The van der Waals surface area contributed by atoms with Gasteiger partial charge in [0, 0.05) is 6.04 Å². The van der Waals surface area contributed by atoms with E-state index in [1.165, 1.54) is 64.3 Å². The maximum atomic E-state index is 3.81. The summed E-state index contributed by atoms with van der Waals surface area (Å²) in [5.41, 5.74) is 0. The fourth-order valence-corrected chi connectivity index (χ4v) is 3.39. The van der Waals surface area contributed by atoms with Crippen LogP contribution in [0, 0.1) is 17.8 Å². The standard InChI is InChI=1S/C16H31N/c1-13(2)6-3-4-11-17-16-8-5-7-15(12-16)14-9-10-14/h13-17H,3-12H2,1-2H3. The zero-order valence-electron chi connectivity index (χ0n) is 11.9. The van der Waals surface area contributed by atoms with Crippen LogP contribution in [0.25, 0.3) is 0 Å². The largest absolute Gasteiger partial charge is 0.314 e. The van der Waals surface area contributed by atoms with E-state index >= 15 is 0 Å². The van der Waals surface area contributed by atoms with Gasteiger partial charge < -0.3 is 5.32 Å². The van der Waals surface area contributed by atoms with Crippen molar-refractivity contribution in [2.45, 2.75) is 77.7 Å². The first-order chi connectivity index (χ1) is 8.25. The number of unbranched alkanes of at least 4 members (excludes halogenated alkanes) is 1. The van der Waals surface area contributed by atoms with Crippen LogP contribution in [0.15, 0.2) is 0 Å². The van der Waals surface area contributed by atoms with E-state index in [9.17, 15) is 0 Å². The Bertz CT molecular complexity index is 208. The van der Waals surface area contributed by atoms with Gasteiger partial charge in [-0.15, -0.1) is 0 Å². The lowest BCUT2D eigenvalue weighted by molar-refractivity contribution is 0.260. The highest BCUT2D eigenvalue weighted by atomic mass is 14.9. The van der Waals surface area contributed by atoms with Crippen molar-refractivity contribution < 1.29 is 0 Å². The lowest BCUT2D eigenvalue weighted by Gasteiger charge is -2.30. The van der Waals surface area contributed by atoms with Gasteiger partial charge in [0.1, 0.15) is 0 Å². The Kier molecular flexibility index (Phi) is 5.34. The summed E-state index contributed by atoms with van der Waals surface area (Å²) in [7, 11) is 0. The van der Waals surface area contributed by atoms with Gasteiger partial charge in [-0.3, -0.25) is 0 Å². The number of hydrogen-bond acceptors (Lipinski definition) is 1. The van der Waals surface area contributed by atoms with E-state index in [-0.39, 0.29) is 0 Å². The Balaban J connectivity index is 1.52. The molecule has 0 heterocycles. The summed E-state index contributed by atoms with van der Waals surface area (Å²) in [5, 5.41) is 3.81. The van der Waals surface area contributed by atoms with Gasteiger partial charge >= 0.3 is 0 Å². The van der Waals surface area contributed by atoms with E-state index < -0.39 is 0 Å². The molecule has 2 aliphatic rings. The number of hydrogen-bond donors (Lipinski definition) is 1. The van der Waals surface area contributed by atoms with Gasteiger partial charge in [0.2, 0.25) is 0 Å². The molecule has 0 aromatic carbocycles. The average Bonchev–Trinajstić information content (AvgIpc) is 3.12. The number of rotatable bonds is 7. The van der Waals surface area contributed by atoms with Crippen molar-refractivity contribution in [2.75, 3.05) is 6.54 Å². The van der Waals surface area contributed by atoms with E-state index in [0.29, 0.717) is 0 Å². The smallest absolute Gasteiger partial charge is 0.00698 e. The third kappa shape index (κ3) is 4.99. The zero-order valence-corrected chi connectivity index (χ0v) is 11.9. The molecule has 2 unspecified atom stereocenters. The fourth-order valence-electron chi connectivity index (χ4n) is 3.39. The third-order valence-electron chi connectivity index (χ3n) is 4.64. The summed E-state index contributed by atoms with van der Waals surface area (Å²) in [6.45, 7) is 5.92. The fraction of sp³-hybridized carbons (Fsp3) is 1.00. The maximum Gasteiger partial charge on any atom is 0.00698 e. The van der Waals surface area contributed by atoms with Crippen LogP contribution >= 0.6 is 0 Å². The first-order valence-corrected chi connectivity index (χ1v) is 7.99. The lowest BCUT2D eigenvalue weighted by Crippen LogP contribution is -2.35. The minimum atomic E-state index is 0.855. The molecule has 100 valence electrons. The minimum Gasteiger partial charge on any atom is -0.314 e. The van der Waals surface area contributed by atoms with E-state index in [0.717, 1.165) is 23.8 Å². The molecule has 2 rings (SSSR count). The molecule has 2 saturated carbocycles. The second-order valence-electron chi connectivity index (χ2n) is 6.80. The van der Waals surface area contributed by atoms with Gasteiger partial charge in [-0.2, -0.15) is 0 Å². The van der Waals surface area contributed by atoms with Crippen molar-refractivity contribution in [2.24, 2.45) is 17.8 Å². The first kappa shape index (κ1) is 13.4. The average molecular weight is 237 g/mol. The third-order valence-corrected chi connectivity index (χ3v) is 4.64. The summed E-state index contributed by atoms with van der Waals surface area (Å²) in [4.78, 5) is 0. The molecule has 17 heavy (non-hydrogen) atoms. The molecule has 0 bridgehead atoms. The van der Waals surface area contributed by atoms with E-state index in [4.69, 9.17) is 0 Å². The minimum absolute atomic E-state index is 0.855. The topological polar surface area (TPSA) is 12.0 Å². The quantitative estimate of drug-likeness (QED) is 0.648. The van der Waals surface area contributed by atoms with Crippen LogP contribution in [0.4, 0.5) is 0 Å². The predicted molar refractivity (Wildman–Crippen MR) is 75.2 cm³/mol. The normalized spacial score (nSPS) is 29.8. The van der Waals surface area contributed by atoms with Crippen LogP contribution in [-0.4, -0.2) is 12.6 Å². The molecule has 0 spiro atoms. The Hall–Kier alpha value is -0.0400. The van der Waals surface area contributed by atoms with Crippen LogP contribution < -0.4 is 5.32 Å². The summed E-state index contributed by atoms with van der Waals surface area (Å²) >= 11 is 0. The van der Waals surface area contributed by atoms with Crippen LogP contribution in [0.1, 0.15) is 71.6 Å². The summed E-state index contributed by atoms with van der Waals surface area (Å²) in [6, 6.07) is 0.855. The first-order valence-electron chi connectivity index (χ1n) is 7.99. The van der Waals surface area contributed by atoms with Gasteiger partial charge in [-0.05, 0) is 56.4 Å². The Morgan fingerprint density at radius 2 is 1.82 bits per heavy atom. The van der Waals surface area contributed by atoms with Gasteiger partial charge in [-0.25, -0.2) is 0 Å². The van der Waals surface area contributed by atoms with Crippen molar-refractivity contribution in [1.82, 2.24) is 5.32 Å². The predicted octanol–water partition coefficient (Wildman–Crippen LogP) is 4.37. The molecule has 0 aromatic heterocycles.